The summed E-state index contributed by atoms with van der Waals surface area (Å²) in [6, 6.07) is 13.7. The Hall–Kier alpha value is -2.07. The van der Waals surface area contributed by atoms with E-state index in [2.05, 4.69) is 5.32 Å². The molecule has 3 nitrogen and oxygen atoms in total. The van der Waals surface area contributed by atoms with Crippen LogP contribution in [0.5, 0.6) is 0 Å². The highest BCUT2D eigenvalue weighted by Crippen LogP contribution is 2.29. The van der Waals surface area contributed by atoms with Gasteiger partial charge >= 0.3 is 0 Å². The fraction of sp³-hybridized carbons (Fsp3) is 0.200. The van der Waals surface area contributed by atoms with E-state index in [1.54, 1.807) is 6.07 Å². The molecular weight excluding hydrogens is 243 g/mol. The van der Waals surface area contributed by atoms with Gasteiger partial charge in [0.25, 0.3) is 0 Å². The normalized spacial score (nSPS) is 13.8. The number of anilines is 2. The van der Waals surface area contributed by atoms with Crippen LogP contribution < -0.4 is 11.1 Å². The smallest absolute Gasteiger partial charge is 0.125 e. The van der Waals surface area contributed by atoms with E-state index in [4.69, 9.17) is 5.73 Å². The van der Waals surface area contributed by atoms with Crippen LogP contribution in [0.1, 0.15) is 12.5 Å². The van der Waals surface area contributed by atoms with Crippen LogP contribution in [-0.2, 0) is 5.54 Å². The molecule has 0 aliphatic rings. The SMILES string of the molecule is CC(CO)(Nc1ccc(F)cc1N)c1ccccc1. The summed E-state index contributed by atoms with van der Waals surface area (Å²) in [7, 11) is 0. The van der Waals surface area contributed by atoms with Gasteiger partial charge in [-0.25, -0.2) is 4.39 Å². The lowest BCUT2D eigenvalue weighted by molar-refractivity contribution is 0.224. The van der Waals surface area contributed by atoms with Gasteiger partial charge < -0.3 is 16.2 Å². The van der Waals surface area contributed by atoms with Gasteiger partial charge in [-0.1, -0.05) is 30.3 Å². The zero-order chi connectivity index (χ0) is 13.9. The zero-order valence-electron chi connectivity index (χ0n) is 10.7. The van der Waals surface area contributed by atoms with Gasteiger partial charge in [0.15, 0.2) is 0 Å². The molecule has 4 heteroatoms. The molecule has 0 saturated carbocycles. The van der Waals surface area contributed by atoms with Crippen LogP contribution in [-0.4, -0.2) is 11.7 Å². The minimum absolute atomic E-state index is 0.103. The first kappa shape index (κ1) is 13.4. The molecular formula is C15H17FN2O. The van der Waals surface area contributed by atoms with E-state index < -0.39 is 5.54 Å². The fourth-order valence-electron chi connectivity index (χ4n) is 1.95. The van der Waals surface area contributed by atoms with Crippen LogP contribution in [0.15, 0.2) is 48.5 Å². The van der Waals surface area contributed by atoms with Gasteiger partial charge in [0, 0.05) is 0 Å². The molecule has 100 valence electrons. The topological polar surface area (TPSA) is 58.3 Å². The summed E-state index contributed by atoms with van der Waals surface area (Å²) >= 11 is 0. The van der Waals surface area contributed by atoms with E-state index in [-0.39, 0.29) is 12.4 Å². The minimum Gasteiger partial charge on any atom is -0.397 e. The number of aliphatic hydroxyl groups excluding tert-OH is 1. The summed E-state index contributed by atoms with van der Waals surface area (Å²) < 4.78 is 13.0. The first-order valence-corrected chi connectivity index (χ1v) is 6.05. The molecule has 0 aliphatic heterocycles. The highest BCUT2D eigenvalue weighted by molar-refractivity contribution is 5.67. The van der Waals surface area contributed by atoms with Crippen molar-refractivity contribution in [1.29, 1.82) is 0 Å². The molecule has 0 heterocycles. The molecule has 0 spiro atoms. The Balaban J connectivity index is 2.33. The summed E-state index contributed by atoms with van der Waals surface area (Å²) in [5.41, 5.74) is 6.95. The number of nitrogens with two attached hydrogens (primary N) is 1. The maximum Gasteiger partial charge on any atom is 0.125 e. The number of halogens is 1. The molecule has 2 rings (SSSR count). The average molecular weight is 260 g/mol. The number of benzene rings is 2. The Bertz CT molecular complexity index is 559. The Morgan fingerprint density at radius 2 is 1.89 bits per heavy atom. The Labute approximate surface area is 111 Å². The predicted octanol–water partition coefficient (Wildman–Crippen LogP) is 2.73. The van der Waals surface area contributed by atoms with Crippen molar-refractivity contribution in [1.82, 2.24) is 0 Å². The standard InChI is InChI=1S/C15H17FN2O/c1-15(10-19,11-5-3-2-4-6-11)18-14-8-7-12(16)9-13(14)17/h2-9,18-19H,10,17H2,1H3. The largest absolute Gasteiger partial charge is 0.397 e. The van der Waals surface area contributed by atoms with Crippen molar-refractivity contribution in [2.45, 2.75) is 12.5 Å². The lowest BCUT2D eigenvalue weighted by atomic mass is 9.92. The van der Waals surface area contributed by atoms with Gasteiger partial charge in [-0.05, 0) is 30.7 Å². The van der Waals surface area contributed by atoms with Crippen LogP contribution in [0.4, 0.5) is 15.8 Å². The van der Waals surface area contributed by atoms with Crippen molar-refractivity contribution >= 4 is 11.4 Å². The molecule has 0 fully saturated rings. The summed E-state index contributed by atoms with van der Waals surface area (Å²) in [4.78, 5) is 0. The van der Waals surface area contributed by atoms with E-state index in [0.29, 0.717) is 11.4 Å². The maximum absolute atomic E-state index is 13.0. The van der Waals surface area contributed by atoms with E-state index in [9.17, 15) is 9.50 Å². The lowest BCUT2D eigenvalue weighted by Crippen LogP contribution is -2.36. The molecule has 2 aromatic rings. The Morgan fingerprint density at radius 1 is 1.21 bits per heavy atom. The highest BCUT2D eigenvalue weighted by atomic mass is 19.1. The Kier molecular flexibility index (Phi) is 3.71. The summed E-state index contributed by atoms with van der Waals surface area (Å²) in [5.74, 6) is -0.381. The van der Waals surface area contributed by atoms with Gasteiger partial charge in [0.1, 0.15) is 5.82 Å². The van der Waals surface area contributed by atoms with Gasteiger partial charge in [-0.3, -0.25) is 0 Å². The second-order valence-electron chi connectivity index (χ2n) is 4.71. The predicted molar refractivity (Wildman–Crippen MR) is 75.3 cm³/mol. The van der Waals surface area contributed by atoms with Gasteiger partial charge in [-0.15, -0.1) is 0 Å². The molecule has 2 aromatic carbocycles. The van der Waals surface area contributed by atoms with E-state index >= 15 is 0 Å². The average Bonchev–Trinajstić information content (AvgIpc) is 2.43. The van der Waals surface area contributed by atoms with Crippen molar-refractivity contribution in [3.63, 3.8) is 0 Å². The summed E-state index contributed by atoms with van der Waals surface area (Å²) in [6.45, 7) is 1.76. The number of nitrogen functional groups attached to an aromatic ring is 1. The van der Waals surface area contributed by atoms with E-state index in [1.807, 2.05) is 37.3 Å². The Morgan fingerprint density at radius 3 is 2.47 bits per heavy atom. The molecule has 1 atom stereocenters. The van der Waals surface area contributed by atoms with E-state index in [1.165, 1.54) is 12.1 Å². The van der Waals surface area contributed by atoms with Crippen LogP contribution in [0.3, 0.4) is 0 Å². The van der Waals surface area contributed by atoms with Crippen LogP contribution in [0.2, 0.25) is 0 Å². The third-order valence-electron chi connectivity index (χ3n) is 3.15. The molecule has 4 N–H and O–H groups in total. The first-order chi connectivity index (χ1) is 9.05. The molecule has 0 aromatic heterocycles. The first-order valence-electron chi connectivity index (χ1n) is 6.05. The second kappa shape index (κ2) is 5.28. The number of aliphatic hydroxyl groups is 1. The molecule has 0 radical (unpaired) electrons. The maximum atomic E-state index is 13.0. The summed E-state index contributed by atoms with van der Waals surface area (Å²) in [5, 5.41) is 12.8. The van der Waals surface area contributed by atoms with Crippen LogP contribution in [0, 0.1) is 5.82 Å². The van der Waals surface area contributed by atoms with Crippen molar-refractivity contribution < 1.29 is 9.50 Å². The summed E-state index contributed by atoms with van der Waals surface area (Å²) in [6.07, 6.45) is 0. The van der Waals surface area contributed by atoms with E-state index in [0.717, 1.165) is 5.56 Å². The number of rotatable bonds is 4. The van der Waals surface area contributed by atoms with Gasteiger partial charge in [-0.2, -0.15) is 0 Å². The van der Waals surface area contributed by atoms with Crippen molar-refractivity contribution in [3.8, 4) is 0 Å². The molecule has 1 unspecified atom stereocenters. The molecule has 19 heavy (non-hydrogen) atoms. The zero-order valence-corrected chi connectivity index (χ0v) is 10.7. The van der Waals surface area contributed by atoms with Crippen molar-refractivity contribution in [2.75, 3.05) is 17.7 Å². The fourth-order valence-corrected chi connectivity index (χ4v) is 1.95. The molecule has 0 aliphatic carbocycles. The molecule has 0 amide bonds. The number of nitrogens with one attached hydrogen (secondary N) is 1. The minimum atomic E-state index is -0.673. The third kappa shape index (κ3) is 2.85. The lowest BCUT2D eigenvalue weighted by Gasteiger charge is -2.31. The highest BCUT2D eigenvalue weighted by Gasteiger charge is 2.26. The van der Waals surface area contributed by atoms with Gasteiger partial charge in [0.05, 0.1) is 23.5 Å². The van der Waals surface area contributed by atoms with Crippen molar-refractivity contribution in [2.24, 2.45) is 0 Å². The van der Waals surface area contributed by atoms with Crippen LogP contribution in [0.25, 0.3) is 0 Å². The third-order valence-corrected chi connectivity index (χ3v) is 3.15. The van der Waals surface area contributed by atoms with Crippen LogP contribution >= 0.6 is 0 Å². The molecule has 0 saturated heterocycles. The monoisotopic (exact) mass is 260 g/mol. The van der Waals surface area contributed by atoms with Crippen molar-refractivity contribution in [3.05, 3.63) is 59.9 Å². The molecule has 0 bridgehead atoms. The second-order valence-corrected chi connectivity index (χ2v) is 4.71. The number of hydrogen-bond donors (Lipinski definition) is 3. The number of hydrogen-bond acceptors (Lipinski definition) is 3. The quantitative estimate of drug-likeness (QED) is 0.741. The van der Waals surface area contributed by atoms with Gasteiger partial charge in [0.2, 0.25) is 0 Å².